The molecule has 0 saturated carbocycles. The summed E-state index contributed by atoms with van der Waals surface area (Å²) in [6.07, 6.45) is 0. The van der Waals surface area contributed by atoms with E-state index in [-0.39, 0.29) is 11.7 Å². The monoisotopic (exact) mass is 341 g/mol. The van der Waals surface area contributed by atoms with Gasteiger partial charge in [0, 0.05) is 18.7 Å². The SMILES string of the molecule is CC(=O)c1ccc(C#N)c(NCCNC(=O)c2ccccc2Cl)c1. The van der Waals surface area contributed by atoms with E-state index in [0.717, 1.165) is 0 Å². The quantitative estimate of drug-likeness (QED) is 0.624. The average Bonchev–Trinajstić information content (AvgIpc) is 2.58. The van der Waals surface area contributed by atoms with Gasteiger partial charge in [0.05, 0.1) is 21.8 Å². The van der Waals surface area contributed by atoms with Gasteiger partial charge in [-0.1, -0.05) is 23.7 Å². The van der Waals surface area contributed by atoms with E-state index in [2.05, 4.69) is 16.7 Å². The Kier molecular flexibility index (Phi) is 5.94. The zero-order valence-electron chi connectivity index (χ0n) is 13.1. The van der Waals surface area contributed by atoms with Crippen molar-refractivity contribution in [3.63, 3.8) is 0 Å². The van der Waals surface area contributed by atoms with Crippen molar-refractivity contribution >= 4 is 29.0 Å². The summed E-state index contributed by atoms with van der Waals surface area (Å²) in [5, 5.41) is 15.3. The lowest BCUT2D eigenvalue weighted by molar-refractivity contribution is 0.0954. The number of Topliss-reactive ketones (excluding diaryl/α,β-unsaturated/α-hetero) is 1. The molecular weight excluding hydrogens is 326 g/mol. The maximum absolute atomic E-state index is 12.0. The number of nitriles is 1. The third-order valence-electron chi connectivity index (χ3n) is 3.39. The minimum absolute atomic E-state index is 0.0745. The lowest BCUT2D eigenvalue weighted by Gasteiger charge is -2.11. The van der Waals surface area contributed by atoms with Crippen LogP contribution in [0.15, 0.2) is 42.5 Å². The first-order chi connectivity index (χ1) is 11.5. The van der Waals surface area contributed by atoms with Crippen molar-refractivity contribution in [2.45, 2.75) is 6.92 Å². The predicted octanol–water partition coefficient (Wildman–Crippen LogP) is 3.26. The van der Waals surface area contributed by atoms with E-state index in [1.807, 2.05) is 0 Å². The molecule has 0 aliphatic heterocycles. The van der Waals surface area contributed by atoms with Gasteiger partial charge in [-0.05, 0) is 37.3 Å². The van der Waals surface area contributed by atoms with Gasteiger partial charge in [0.25, 0.3) is 5.91 Å². The molecule has 0 radical (unpaired) electrons. The van der Waals surface area contributed by atoms with Gasteiger partial charge < -0.3 is 10.6 Å². The van der Waals surface area contributed by atoms with Crippen LogP contribution in [0.25, 0.3) is 0 Å². The molecule has 0 atom stereocenters. The Balaban J connectivity index is 1.94. The number of benzene rings is 2. The zero-order valence-corrected chi connectivity index (χ0v) is 13.9. The Hall–Kier alpha value is -2.84. The number of anilines is 1. The van der Waals surface area contributed by atoms with Gasteiger partial charge in [-0.15, -0.1) is 0 Å². The van der Waals surface area contributed by atoms with E-state index in [4.69, 9.17) is 16.9 Å². The van der Waals surface area contributed by atoms with E-state index in [1.165, 1.54) is 6.92 Å². The molecule has 0 bridgehead atoms. The van der Waals surface area contributed by atoms with Crippen molar-refractivity contribution in [3.05, 3.63) is 64.2 Å². The zero-order chi connectivity index (χ0) is 17.5. The van der Waals surface area contributed by atoms with E-state index in [9.17, 15) is 9.59 Å². The van der Waals surface area contributed by atoms with Gasteiger partial charge in [0.2, 0.25) is 0 Å². The molecule has 0 heterocycles. The maximum Gasteiger partial charge on any atom is 0.252 e. The van der Waals surface area contributed by atoms with E-state index >= 15 is 0 Å². The largest absolute Gasteiger partial charge is 0.382 e. The van der Waals surface area contributed by atoms with Crippen LogP contribution >= 0.6 is 11.6 Å². The molecule has 0 aliphatic carbocycles. The second-order valence-corrected chi connectivity index (χ2v) is 5.50. The van der Waals surface area contributed by atoms with E-state index in [0.29, 0.717) is 40.5 Å². The van der Waals surface area contributed by atoms with Gasteiger partial charge in [-0.2, -0.15) is 5.26 Å². The molecule has 0 unspecified atom stereocenters. The minimum Gasteiger partial charge on any atom is -0.382 e. The standard InChI is InChI=1S/C18H16ClN3O2/c1-12(23)13-6-7-14(11-20)17(10-13)21-8-9-22-18(24)15-4-2-3-5-16(15)19/h2-7,10,21H,8-9H2,1H3,(H,22,24). The fourth-order valence-electron chi connectivity index (χ4n) is 2.12. The number of amides is 1. The van der Waals surface area contributed by atoms with Crippen molar-refractivity contribution in [3.8, 4) is 6.07 Å². The molecule has 0 aromatic heterocycles. The highest BCUT2D eigenvalue weighted by molar-refractivity contribution is 6.33. The van der Waals surface area contributed by atoms with Crippen molar-refractivity contribution in [1.82, 2.24) is 5.32 Å². The van der Waals surface area contributed by atoms with Crippen molar-refractivity contribution < 1.29 is 9.59 Å². The number of carbonyl (C=O) groups excluding carboxylic acids is 2. The topological polar surface area (TPSA) is 82.0 Å². The van der Waals surface area contributed by atoms with Gasteiger partial charge in [-0.25, -0.2) is 0 Å². The molecule has 5 nitrogen and oxygen atoms in total. The summed E-state index contributed by atoms with van der Waals surface area (Å²) in [5.41, 5.74) is 1.95. The van der Waals surface area contributed by atoms with Crippen LogP contribution in [0.4, 0.5) is 5.69 Å². The lowest BCUT2D eigenvalue weighted by atomic mass is 10.1. The van der Waals surface area contributed by atoms with Crippen LogP contribution in [-0.2, 0) is 0 Å². The van der Waals surface area contributed by atoms with Crippen LogP contribution in [-0.4, -0.2) is 24.8 Å². The van der Waals surface area contributed by atoms with E-state index in [1.54, 1.807) is 42.5 Å². The molecule has 24 heavy (non-hydrogen) atoms. The summed E-state index contributed by atoms with van der Waals surface area (Å²) in [5.74, 6) is -0.338. The third-order valence-corrected chi connectivity index (χ3v) is 3.72. The molecule has 122 valence electrons. The molecule has 0 spiro atoms. The van der Waals surface area contributed by atoms with Crippen molar-refractivity contribution in [1.29, 1.82) is 5.26 Å². The Morgan fingerprint density at radius 2 is 1.92 bits per heavy atom. The number of ketones is 1. The Labute approximate surface area is 145 Å². The first kappa shape index (κ1) is 17.5. The number of nitrogens with one attached hydrogen (secondary N) is 2. The van der Waals surface area contributed by atoms with Crippen molar-refractivity contribution in [2.75, 3.05) is 18.4 Å². The summed E-state index contributed by atoms with van der Waals surface area (Å²) in [6.45, 7) is 2.22. The fraction of sp³-hybridized carbons (Fsp3) is 0.167. The van der Waals surface area contributed by atoms with E-state index < -0.39 is 0 Å². The number of nitrogens with zero attached hydrogens (tertiary/aromatic N) is 1. The molecule has 2 aromatic rings. The number of rotatable bonds is 6. The number of carbonyl (C=O) groups is 2. The van der Waals surface area contributed by atoms with Crippen LogP contribution in [0, 0.1) is 11.3 Å². The predicted molar refractivity (Wildman–Crippen MR) is 93.4 cm³/mol. The first-order valence-corrected chi connectivity index (χ1v) is 7.72. The van der Waals surface area contributed by atoms with Crippen LogP contribution < -0.4 is 10.6 Å². The van der Waals surface area contributed by atoms with Crippen LogP contribution in [0.2, 0.25) is 5.02 Å². The van der Waals surface area contributed by atoms with Crippen LogP contribution in [0.3, 0.4) is 0 Å². The summed E-state index contributed by atoms with van der Waals surface area (Å²) in [6, 6.07) is 13.7. The molecule has 0 fully saturated rings. The smallest absolute Gasteiger partial charge is 0.252 e. The highest BCUT2D eigenvalue weighted by Crippen LogP contribution is 2.17. The summed E-state index contributed by atoms with van der Waals surface area (Å²) < 4.78 is 0. The fourth-order valence-corrected chi connectivity index (χ4v) is 2.34. The highest BCUT2D eigenvalue weighted by Gasteiger charge is 2.09. The third kappa shape index (κ3) is 4.34. The van der Waals surface area contributed by atoms with Gasteiger partial charge in [0.15, 0.2) is 5.78 Å². The minimum atomic E-state index is -0.264. The van der Waals surface area contributed by atoms with Crippen LogP contribution in [0.1, 0.15) is 33.2 Å². The molecule has 1 amide bonds. The Morgan fingerprint density at radius 1 is 1.17 bits per heavy atom. The van der Waals surface area contributed by atoms with Crippen LogP contribution in [0.5, 0.6) is 0 Å². The normalized spacial score (nSPS) is 9.88. The average molecular weight is 342 g/mol. The molecule has 2 rings (SSSR count). The molecule has 2 N–H and O–H groups in total. The molecule has 2 aromatic carbocycles. The Bertz CT molecular complexity index is 812. The van der Waals surface area contributed by atoms with Crippen molar-refractivity contribution in [2.24, 2.45) is 0 Å². The first-order valence-electron chi connectivity index (χ1n) is 7.34. The maximum atomic E-state index is 12.0. The summed E-state index contributed by atoms with van der Waals surface area (Å²) >= 11 is 5.97. The Morgan fingerprint density at radius 3 is 2.58 bits per heavy atom. The molecule has 6 heteroatoms. The van der Waals surface area contributed by atoms with Gasteiger partial charge in [-0.3, -0.25) is 9.59 Å². The van der Waals surface area contributed by atoms with Gasteiger partial charge >= 0.3 is 0 Å². The second kappa shape index (κ2) is 8.14. The number of hydrogen-bond acceptors (Lipinski definition) is 4. The summed E-state index contributed by atoms with van der Waals surface area (Å²) in [7, 11) is 0. The molecule has 0 saturated heterocycles. The summed E-state index contributed by atoms with van der Waals surface area (Å²) in [4.78, 5) is 23.4. The number of hydrogen-bond donors (Lipinski definition) is 2. The van der Waals surface area contributed by atoms with Gasteiger partial charge in [0.1, 0.15) is 6.07 Å². The molecule has 0 aliphatic rings. The lowest BCUT2D eigenvalue weighted by Crippen LogP contribution is -2.29. The molecular formula is C18H16ClN3O2. The second-order valence-electron chi connectivity index (χ2n) is 5.09. The highest BCUT2D eigenvalue weighted by atomic mass is 35.5. The number of halogens is 1.